The number of nitrogens with zero attached hydrogens (tertiary/aromatic N) is 2. The molecule has 0 aromatic heterocycles. The molecule has 2 heteroatoms. The summed E-state index contributed by atoms with van der Waals surface area (Å²) in [7, 11) is 4.34. The molecule has 0 aromatic carbocycles. The summed E-state index contributed by atoms with van der Waals surface area (Å²) in [5.74, 6) is 0. The fourth-order valence-corrected chi connectivity index (χ4v) is 1.81. The first kappa shape index (κ1) is 11.0. The van der Waals surface area contributed by atoms with Gasteiger partial charge < -0.3 is 9.80 Å². The van der Waals surface area contributed by atoms with Gasteiger partial charge in [0.15, 0.2) is 0 Å². The third-order valence-corrected chi connectivity index (χ3v) is 3.19. The van der Waals surface area contributed by atoms with Gasteiger partial charge in [0.1, 0.15) is 0 Å². The standard InChI is InChI=1S/C11H24N2/c1-11(12(2)3)7-10-13-8-5-4-6-9-13/h11H,4-10H2,1-3H3. The second kappa shape index (κ2) is 5.61. The number of piperidine rings is 1. The largest absolute Gasteiger partial charge is 0.307 e. The Morgan fingerprint density at radius 2 is 1.77 bits per heavy atom. The summed E-state index contributed by atoms with van der Waals surface area (Å²) in [6, 6.07) is 0.724. The molecule has 0 aliphatic carbocycles. The van der Waals surface area contributed by atoms with E-state index in [2.05, 4.69) is 30.8 Å². The van der Waals surface area contributed by atoms with E-state index in [1.54, 1.807) is 0 Å². The molecule has 2 nitrogen and oxygen atoms in total. The molecule has 0 saturated carbocycles. The van der Waals surface area contributed by atoms with E-state index in [0.717, 1.165) is 6.04 Å². The molecule has 1 fully saturated rings. The monoisotopic (exact) mass is 184 g/mol. The summed E-state index contributed by atoms with van der Waals surface area (Å²) in [5, 5.41) is 0. The molecule has 0 radical (unpaired) electrons. The first-order valence-electron chi connectivity index (χ1n) is 5.59. The zero-order chi connectivity index (χ0) is 9.68. The van der Waals surface area contributed by atoms with Gasteiger partial charge in [0, 0.05) is 6.04 Å². The summed E-state index contributed by atoms with van der Waals surface area (Å²) >= 11 is 0. The normalized spacial score (nSPS) is 22.2. The average Bonchev–Trinajstić information content (AvgIpc) is 2.15. The van der Waals surface area contributed by atoms with Crippen molar-refractivity contribution in [1.82, 2.24) is 9.80 Å². The Morgan fingerprint density at radius 1 is 1.15 bits per heavy atom. The van der Waals surface area contributed by atoms with Crippen molar-refractivity contribution >= 4 is 0 Å². The van der Waals surface area contributed by atoms with Crippen LogP contribution in [0.25, 0.3) is 0 Å². The lowest BCUT2D eigenvalue weighted by Gasteiger charge is -2.29. The van der Waals surface area contributed by atoms with Crippen molar-refractivity contribution in [2.24, 2.45) is 0 Å². The van der Waals surface area contributed by atoms with Gasteiger partial charge >= 0.3 is 0 Å². The third-order valence-electron chi connectivity index (χ3n) is 3.19. The summed E-state index contributed by atoms with van der Waals surface area (Å²) in [5.41, 5.74) is 0. The molecule has 0 spiro atoms. The lowest BCUT2D eigenvalue weighted by Crippen LogP contribution is -2.34. The van der Waals surface area contributed by atoms with Crippen molar-refractivity contribution in [2.45, 2.75) is 38.6 Å². The van der Waals surface area contributed by atoms with Gasteiger partial charge in [-0.3, -0.25) is 0 Å². The Morgan fingerprint density at radius 3 is 2.31 bits per heavy atom. The van der Waals surface area contributed by atoms with Gasteiger partial charge in [0.2, 0.25) is 0 Å². The maximum Gasteiger partial charge on any atom is 0.00730 e. The van der Waals surface area contributed by atoms with Crippen molar-refractivity contribution in [2.75, 3.05) is 33.7 Å². The second-order valence-corrected chi connectivity index (χ2v) is 4.50. The zero-order valence-corrected chi connectivity index (χ0v) is 9.42. The molecule has 1 rings (SSSR count). The van der Waals surface area contributed by atoms with Crippen LogP contribution in [0.3, 0.4) is 0 Å². The van der Waals surface area contributed by atoms with E-state index in [1.807, 2.05) is 0 Å². The Hall–Kier alpha value is -0.0800. The quantitative estimate of drug-likeness (QED) is 0.657. The molecule has 0 bridgehead atoms. The Labute approximate surface area is 82.9 Å². The van der Waals surface area contributed by atoms with Crippen molar-refractivity contribution in [3.05, 3.63) is 0 Å². The van der Waals surface area contributed by atoms with Gasteiger partial charge in [0.25, 0.3) is 0 Å². The first-order chi connectivity index (χ1) is 6.20. The summed E-state index contributed by atoms with van der Waals surface area (Å²) in [6.07, 6.45) is 5.58. The fraction of sp³-hybridized carbons (Fsp3) is 1.00. The Balaban J connectivity index is 2.10. The molecular weight excluding hydrogens is 160 g/mol. The van der Waals surface area contributed by atoms with Gasteiger partial charge in [-0.2, -0.15) is 0 Å². The van der Waals surface area contributed by atoms with Crippen LogP contribution in [0.1, 0.15) is 32.6 Å². The average molecular weight is 184 g/mol. The molecule has 1 aliphatic rings. The molecule has 1 unspecified atom stereocenters. The highest BCUT2D eigenvalue weighted by atomic mass is 15.1. The maximum absolute atomic E-state index is 2.61. The van der Waals surface area contributed by atoms with Crippen LogP contribution in [0.5, 0.6) is 0 Å². The van der Waals surface area contributed by atoms with Crippen LogP contribution >= 0.6 is 0 Å². The van der Waals surface area contributed by atoms with Crippen molar-refractivity contribution in [3.63, 3.8) is 0 Å². The van der Waals surface area contributed by atoms with Gasteiger partial charge in [-0.15, -0.1) is 0 Å². The maximum atomic E-state index is 2.61. The highest BCUT2D eigenvalue weighted by molar-refractivity contribution is 4.68. The predicted octanol–water partition coefficient (Wildman–Crippen LogP) is 1.81. The molecule has 1 saturated heterocycles. The third kappa shape index (κ3) is 4.10. The number of hydrogen-bond donors (Lipinski definition) is 0. The van der Waals surface area contributed by atoms with Crippen molar-refractivity contribution in [3.8, 4) is 0 Å². The minimum Gasteiger partial charge on any atom is -0.307 e. The molecule has 1 heterocycles. The Bertz CT molecular complexity index is 128. The minimum absolute atomic E-state index is 0.724. The van der Waals surface area contributed by atoms with E-state index in [4.69, 9.17) is 0 Å². The topological polar surface area (TPSA) is 6.48 Å². The smallest absolute Gasteiger partial charge is 0.00730 e. The van der Waals surface area contributed by atoms with Crippen molar-refractivity contribution < 1.29 is 0 Å². The van der Waals surface area contributed by atoms with E-state index in [0.29, 0.717) is 0 Å². The summed E-state index contributed by atoms with van der Waals surface area (Å²) < 4.78 is 0. The number of rotatable bonds is 4. The molecular formula is C11H24N2. The Kier molecular flexibility index (Phi) is 4.74. The molecule has 13 heavy (non-hydrogen) atoms. The molecule has 78 valence electrons. The first-order valence-corrected chi connectivity index (χ1v) is 5.59. The van der Waals surface area contributed by atoms with E-state index in [-0.39, 0.29) is 0 Å². The summed E-state index contributed by atoms with van der Waals surface area (Å²) in [4.78, 5) is 4.92. The minimum atomic E-state index is 0.724. The zero-order valence-electron chi connectivity index (χ0n) is 9.42. The highest BCUT2D eigenvalue weighted by Crippen LogP contribution is 2.10. The SMILES string of the molecule is CC(CCN1CCCCC1)N(C)C. The van der Waals surface area contributed by atoms with E-state index in [9.17, 15) is 0 Å². The van der Waals surface area contributed by atoms with Crippen molar-refractivity contribution in [1.29, 1.82) is 0 Å². The predicted molar refractivity (Wildman–Crippen MR) is 58.1 cm³/mol. The molecule has 0 amide bonds. The molecule has 0 aromatic rings. The van der Waals surface area contributed by atoms with Crippen LogP contribution in [0.4, 0.5) is 0 Å². The summed E-state index contributed by atoms with van der Waals surface area (Å²) in [6.45, 7) is 6.27. The second-order valence-electron chi connectivity index (χ2n) is 4.50. The van der Waals surface area contributed by atoms with Gasteiger partial charge in [-0.05, 0) is 59.9 Å². The van der Waals surface area contributed by atoms with E-state index < -0.39 is 0 Å². The highest BCUT2D eigenvalue weighted by Gasteiger charge is 2.11. The van der Waals surface area contributed by atoms with Crippen LogP contribution in [0.2, 0.25) is 0 Å². The molecule has 0 N–H and O–H groups in total. The van der Waals surface area contributed by atoms with Crippen LogP contribution in [-0.4, -0.2) is 49.6 Å². The van der Waals surface area contributed by atoms with Crippen LogP contribution < -0.4 is 0 Å². The molecule has 1 atom stereocenters. The van der Waals surface area contributed by atoms with E-state index >= 15 is 0 Å². The lowest BCUT2D eigenvalue weighted by atomic mass is 10.1. The van der Waals surface area contributed by atoms with Gasteiger partial charge in [0.05, 0.1) is 0 Å². The van der Waals surface area contributed by atoms with Crippen LogP contribution in [-0.2, 0) is 0 Å². The van der Waals surface area contributed by atoms with E-state index in [1.165, 1.54) is 45.3 Å². The number of likely N-dealkylation sites (tertiary alicyclic amines) is 1. The fourth-order valence-electron chi connectivity index (χ4n) is 1.81. The number of hydrogen-bond acceptors (Lipinski definition) is 2. The lowest BCUT2D eigenvalue weighted by molar-refractivity contribution is 0.197. The van der Waals surface area contributed by atoms with Gasteiger partial charge in [-0.1, -0.05) is 6.42 Å². The molecule has 1 aliphatic heterocycles. The van der Waals surface area contributed by atoms with Crippen LogP contribution in [0, 0.1) is 0 Å². The van der Waals surface area contributed by atoms with Crippen LogP contribution in [0.15, 0.2) is 0 Å². The van der Waals surface area contributed by atoms with Gasteiger partial charge in [-0.25, -0.2) is 0 Å².